The molecule has 1 amide bonds. The van der Waals surface area contributed by atoms with E-state index in [4.69, 9.17) is 10.3 Å². The summed E-state index contributed by atoms with van der Waals surface area (Å²) in [4.78, 5) is 12.0. The highest BCUT2D eigenvalue weighted by atomic mass is 16.5. The Balaban J connectivity index is 2.22. The number of benzene rings is 1. The van der Waals surface area contributed by atoms with Crippen LogP contribution in [0.3, 0.4) is 0 Å². The smallest absolute Gasteiger partial charge is 0.253 e. The molecule has 0 bridgehead atoms. The van der Waals surface area contributed by atoms with Crippen molar-refractivity contribution in [3.63, 3.8) is 0 Å². The zero-order valence-electron chi connectivity index (χ0n) is 12.5. The van der Waals surface area contributed by atoms with Gasteiger partial charge in [-0.2, -0.15) is 0 Å². The molecule has 0 aliphatic carbocycles. The van der Waals surface area contributed by atoms with Gasteiger partial charge in [0.25, 0.3) is 5.91 Å². The number of anilines is 2. The predicted octanol–water partition coefficient (Wildman–Crippen LogP) is 2.24. The van der Waals surface area contributed by atoms with E-state index in [0.29, 0.717) is 30.0 Å². The summed E-state index contributed by atoms with van der Waals surface area (Å²) in [6.45, 7) is 6.73. The Labute approximate surface area is 123 Å². The predicted molar refractivity (Wildman–Crippen MR) is 82.2 cm³/mol. The summed E-state index contributed by atoms with van der Waals surface area (Å²) in [6, 6.07) is 5.18. The van der Waals surface area contributed by atoms with Crippen LogP contribution in [0, 0.1) is 13.8 Å². The third-order valence-corrected chi connectivity index (χ3v) is 3.26. The molecular weight excluding hydrogens is 268 g/mol. The van der Waals surface area contributed by atoms with E-state index in [1.165, 1.54) is 0 Å². The van der Waals surface area contributed by atoms with Gasteiger partial charge in [-0.25, -0.2) is 0 Å². The lowest BCUT2D eigenvalue weighted by atomic mass is 10.1. The number of carbonyl (C=O) groups excluding carboxylic acids is 1. The van der Waals surface area contributed by atoms with Gasteiger partial charge in [0, 0.05) is 30.0 Å². The third-order valence-electron chi connectivity index (χ3n) is 3.26. The molecule has 0 spiro atoms. The topological polar surface area (TPSA) is 93.2 Å². The minimum Gasteiger partial charge on any atom is -0.399 e. The molecule has 0 aliphatic rings. The molecule has 0 saturated heterocycles. The van der Waals surface area contributed by atoms with Crippen LogP contribution in [0.4, 0.5) is 11.4 Å². The van der Waals surface area contributed by atoms with Gasteiger partial charge in [-0.1, -0.05) is 5.16 Å². The maximum Gasteiger partial charge on any atom is 0.253 e. The summed E-state index contributed by atoms with van der Waals surface area (Å²) in [5.74, 6) is 0.641. The fraction of sp³-hybridized carbons (Fsp3) is 0.333. The molecule has 4 N–H and O–H groups in total. The quantitative estimate of drug-likeness (QED) is 0.734. The van der Waals surface area contributed by atoms with Crippen molar-refractivity contribution in [3.05, 3.63) is 40.8 Å². The van der Waals surface area contributed by atoms with Crippen LogP contribution in [0.25, 0.3) is 0 Å². The zero-order valence-corrected chi connectivity index (χ0v) is 12.5. The molecule has 1 aromatic carbocycles. The van der Waals surface area contributed by atoms with Gasteiger partial charge in [0.05, 0.1) is 11.3 Å². The number of aryl methyl sites for hydroxylation is 2. The van der Waals surface area contributed by atoms with Crippen LogP contribution < -0.4 is 16.4 Å². The fourth-order valence-electron chi connectivity index (χ4n) is 2.10. The minimum atomic E-state index is -0.126. The Kier molecular flexibility index (Phi) is 4.47. The van der Waals surface area contributed by atoms with Crippen LogP contribution in [-0.2, 0) is 6.54 Å². The molecule has 6 nitrogen and oxygen atoms in total. The molecule has 6 heteroatoms. The summed E-state index contributed by atoms with van der Waals surface area (Å²) in [7, 11) is 0. The molecule has 0 radical (unpaired) electrons. The third kappa shape index (κ3) is 3.34. The standard InChI is InChI=1S/C15H20N4O2/c1-4-17-15(20)12-6-5-11(16)7-14(12)18-8-13-9(2)19-21-10(13)3/h5-7,18H,4,8,16H2,1-3H3,(H,17,20). The molecule has 0 aliphatic heterocycles. The van der Waals surface area contributed by atoms with Crippen molar-refractivity contribution in [1.82, 2.24) is 10.5 Å². The largest absolute Gasteiger partial charge is 0.399 e. The van der Waals surface area contributed by atoms with Crippen LogP contribution >= 0.6 is 0 Å². The molecular formula is C15H20N4O2. The van der Waals surface area contributed by atoms with E-state index in [-0.39, 0.29) is 5.91 Å². The molecule has 112 valence electrons. The lowest BCUT2D eigenvalue weighted by Gasteiger charge is -2.12. The van der Waals surface area contributed by atoms with Gasteiger partial charge in [0.2, 0.25) is 0 Å². The Hall–Kier alpha value is -2.50. The second-order valence-corrected chi connectivity index (χ2v) is 4.82. The maximum atomic E-state index is 12.0. The van der Waals surface area contributed by atoms with Crippen molar-refractivity contribution < 1.29 is 9.32 Å². The van der Waals surface area contributed by atoms with E-state index in [1.54, 1.807) is 18.2 Å². The average molecular weight is 288 g/mol. The zero-order chi connectivity index (χ0) is 15.4. The summed E-state index contributed by atoms with van der Waals surface area (Å²) >= 11 is 0. The van der Waals surface area contributed by atoms with Gasteiger partial charge >= 0.3 is 0 Å². The van der Waals surface area contributed by atoms with E-state index in [9.17, 15) is 4.79 Å². The summed E-state index contributed by atoms with van der Waals surface area (Å²) in [6.07, 6.45) is 0. The molecule has 0 saturated carbocycles. The number of nitrogens with zero attached hydrogens (tertiary/aromatic N) is 1. The first kappa shape index (κ1) is 14.9. The summed E-state index contributed by atoms with van der Waals surface area (Å²) < 4.78 is 5.13. The number of hydrogen-bond donors (Lipinski definition) is 3. The Bertz CT molecular complexity index is 630. The Morgan fingerprint density at radius 3 is 2.76 bits per heavy atom. The lowest BCUT2D eigenvalue weighted by Crippen LogP contribution is -2.24. The highest BCUT2D eigenvalue weighted by molar-refractivity contribution is 6.00. The van der Waals surface area contributed by atoms with Crippen molar-refractivity contribution in [2.75, 3.05) is 17.6 Å². The number of carbonyl (C=O) groups is 1. The summed E-state index contributed by atoms with van der Waals surface area (Å²) in [5, 5.41) is 9.94. The number of nitrogen functional groups attached to an aromatic ring is 1. The van der Waals surface area contributed by atoms with Crippen LogP contribution in [-0.4, -0.2) is 17.6 Å². The van der Waals surface area contributed by atoms with E-state index in [2.05, 4.69) is 15.8 Å². The lowest BCUT2D eigenvalue weighted by molar-refractivity contribution is 0.0956. The monoisotopic (exact) mass is 288 g/mol. The van der Waals surface area contributed by atoms with Gasteiger partial charge in [0.1, 0.15) is 5.76 Å². The second-order valence-electron chi connectivity index (χ2n) is 4.82. The van der Waals surface area contributed by atoms with E-state index in [1.807, 2.05) is 20.8 Å². The van der Waals surface area contributed by atoms with Gasteiger partial charge < -0.3 is 20.9 Å². The first-order chi connectivity index (χ1) is 10.0. The minimum absolute atomic E-state index is 0.126. The number of rotatable bonds is 5. The van der Waals surface area contributed by atoms with Crippen molar-refractivity contribution in [2.24, 2.45) is 0 Å². The van der Waals surface area contributed by atoms with Crippen LogP contribution in [0.2, 0.25) is 0 Å². The number of nitrogens with two attached hydrogens (primary N) is 1. The van der Waals surface area contributed by atoms with Gasteiger partial charge in [-0.15, -0.1) is 0 Å². The Morgan fingerprint density at radius 2 is 2.14 bits per heavy atom. The SMILES string of the molecule is CCNC(=O)c1ccc(N)cc1NCc1c(C)noc1C. The fourth-order valence-corrected chi connectivity index (χ4v) is 2.10. The highest BCUT2D eigenvalue weighted by Crippen LogP contribution is 2.21. The van der Waals surface area contributed by atoms with E-state index < -0.39 is 0 Å². The van der Waals surface area contributed by atoms with E-state index in [0.717, 1.165) is 17.0 Å². The Morgan fingerprint density at radius 1 is 1.38 bits per heavy atom. The normalized spacial score (nSPS) is 10.4. The number of amides is 1. The first-order valence-corrected chi connectivity index (χ1v) is 6.86. The molecule has 0 unspecified atom stereocenters. The molecule has 1 heterocycles. The summed E-state index contributed by atoms with van der Waals surface area (Å²) in [5.41, 5.74) is 9.49. The van der Waals surface area contributed by atoms with Gasteiger partial charge in [0.15, 0.2) is 0 Å². The molecule has 1 aromatic heterocycles. The molecule has 0 fully saturated rings. The molecule has 0 atom stereocenters. The van der Waals surface area contributed by atoms with Gasteiger partial charge in [-0.3, -0.25) is 4.79 Å². The average Bonchev–Trinajstić information content (AvgIpc) is 2.76. The van der Waals surface area contributed by atoms with Crippen LogP contribution in [0.1, 0.15) is 34.3 Å². The van der Waals surface area contributed by atoms with Crippen LogP contribution in [0.5, 0.6) is 0 Å². The number of aromatic nitrogens is 1. The molecule has 2 rings (SSSR count). The number of hydrogen-bond acceptors (Lipinski definition) is 5. The van der Waals surface area contributed by atoms with Gasteiger partial charge in [-0.05, 0) is 39.0 Å². The maximum absolute atomic E-state index is 12.0. The van der Waals surface area contributed by atoms with Crippen molar-refractivity contribution in [3.8, 4) is 0 Å². The van der Waals surface area contributed by atoms with Crippen molar-refractivity contribution in [1.29, 1.82) is 0 Å². The van der Waals surface area contributed by atoms with E-state index >= 15 is 0 Å². The van der Waals surface area contributed by atoms with Crippen molar-refractivity contribution >= 4 is 17.3 Å². The molecule has 21 heavy (non-hydrogen) atoms. The first-order valence-electron chi connectivity index (χ1n) is 6.86. The van der Waals surface area contributed by atoms with Crippen LogP contribution in [0.15, 0.2) is 22.7 Å². The molecule has 2 aromatic rings. The number of nitrogens with one attached hydrogen (secondary N) is 2. The highest BCUT2D eigenvalue weighted by Gasteiger charge is 2.13. The van der Waals surface area contributed by atoms with Crippen molar-refractivity contribution in [2.45, 2.75) is 27.3 Å². The second kappa shape index (κ2) is 6.30.